The molecule has 3 aromatic heterocycles. The number of hydrogen-bond donors (Lipinski definition) is 0. The first kappa shape index (κ1) is 35.7. The van der Waals surface area contributed by atoms with Gasteiger partial charge in [-0.3, -0.25) is 4.57 Å². The third-order valence-electron chi connectivity index (χ3n) is 13.5. The van der Waals surface area contributed by atoms with Crippen LogP contribution in [0.25, 0.3) is 111 Å². The maximum Gasteiger partial charge on any atom is 0.235 e. The van der Waals surface area contributed by atoms with Crippen molar-refractivity contribution >= 4 is 54.4 Å². The van der Waals surface area contributed by atoms with Gasteiger partial charge in [-0.15, -0.1) is 0 Å². The monoisotopic (exact) mass is 804 g/mol. The molecule has 13 rings (SSSR count). The van der Waals surface area contributed by atoms with Gasteiger partial charge in [-0.25, -0.2) is 9.97 Å². The van der Waals surface area contributed by atoms with E-state index in [0.29, 0.717) is 5.95 Å². The standard InChI is InChI=1S/C59H40N4/c1-59(2)50-36-46(41-30-31-53-47(33-41)43-26-14-16-28-51(43)62(53)42-24-10-5-11-25-42)45(37-18-6-3-7-19-37)35-49(50)57-55(59)56(38-20-8-4-9-21-38)60-58(61-57)63-52-29-17-15-27-44(52)48-32-39-22-12-13-23-40(39)34-54(48)63/h3-36H,1-2H3. The lowest BCUT2D eigenvalue weighted by molar-refractivity contribution is 0.657. The second-order valence-corrected chi connectivity index (χ2v) is 17.4. The molecule has 4 nitrogen and oxygen atoms in total. The Morgan fingerprint density at radius 1 is 0.365 bits per heavy atom. The van der Waals surface area contributed by atoms with Gasteiger partial charge < -0.3 is 4.57 Å². The number of para-hydroxylation sites is 3. The molecular weight excluding hydrogens is 765 g/mol. The van der Waals surface area contributed by atoms with Gasteiger partial charge in [-0.1, -0.05) is 159 Å². The van der Waals surface area contributed by atoms with Gasteiger partial charge >= 0.3 is 0 Å². The number of aromatic nitrogens is 4. The molecule has 0 spiro atoms. The highest BCUT2D eigenvalue weighted by Gasteiger charge is 2.41. The van der Waals surface area contributed by atoms with Crippen molar-refractivity contribution in [1.29, 1.82) is 0 Å². The first-order chi connectivity index (χ1) is 31.0. The molecular formula is C59H40N4. The summed E-state index contributed by atoms with van der Waals surface area (Å²) in [5.41, 5.74) is 16.6. The molecule has 0 radical (unpaired) electrons. The highest BCUT2D eigenvalue weighted by atomic mass is 15.2. The zero-order valence-electron chi connectivity index (χ0n) is 34.9. The zero-order valence-corrected chi connectivity index (χ0v) is 34.9. The third-order valence-corrected chi connectivity index (χ3v) is 13.5. The van der Waals surface area contributed by atoms with Gasteiger partial charge in [0.1, 0.15) is 0 Å². The molecule has 0 unspecified atom stereocenters. The molecule has 63 heavy (non-hydrogen) atoms. The molecule has 3 heterocycles. The Bertz CT molecular complexity index is 3800. The van der Waals surface area contributed by atoms with E-state index in [1.54, 1.807) is 0 Å². The fourth-order valence-corrected chi connectivity index (χ4v) is 10.5. The van der Waals surface area contributed by atoms with Gasteiger partial charge in [-0.05, 0) is 99.3 Å². The molecule has 0 bridgehead atoms. The number of hydrogen-bond acceptors (Lipinski definition) is 2. The van der Waals surface area contributed by atoms with Crippen LogP contribution >= 0.6 is 0 Å². The van der Waals surface area contributed by atoms with E-state index in [9.17, 15) is 0 Å². The van der Waals surface area contributed by atoms with E-state index in [0.717, 1.165) is 44.8 Å². The highest BCUT2D eigenvalue weighted by molar-refractivity contribution is 6.14. The van der Waals surface area contributed by atoms with Crippen LogP contribution in [0.2, 0.25) is 0 Å². The van der Waals surface area contributed by atoms with Gasteiger partial charge in [0.05, 0.1) is 33.5 Å². The number of fused-ring (bicyclic) bond motifs is 10. The van der Waals surface area contributed by atoms with Crippen LogP contribution < -0.4 is 0 Å². The molecule has 0 saturated carbocycles. The van der Waals surface area contributed by atoms with Gasteiger partial charge in [-0.2, -0.15) is 0 Å². The summed E-state index contributed by atoms with van der Waals surface area (Å²) in [5, 5.41) is 7.25. The second kappa shape index (κ2) is 13.5. The fraction of sp³-hybridized carbons (Fsp3) is 0.0508. The van der Waals surface area contributed by atoms with Crippen LogP contribution in [0.4, 0.5) is 0 Å². The minimum Gasteiger partial charge on any atom is -0.309 e. The number of nitrogens with zero attached hydrogens (tertiary/aromatic N) is 4. The fourth-order valence-electron chi connectivity index (χ4n) is 10.5. The summed E-state index contributed by atoms with van der Waals surface area (Å²) in [6.07, 6.45) is 0. The summed E-state index contributed by atoms with van der Waals surface area (Å²) in [4.78, 5) is 11.3. The minimum absolute atomic E-state index is 0.414. The Morgan fingerprint density at radius 2 is 0.905 bits per heavy atom. The molecule has 0 atom stereocenters. The SMILES string of the molecule is CC1(C)c2cc(-c3ccc4c(c3)c3ccccc3n4-c3ccccc3)c(-c3ccccc3)cc2-c2nc(-n3c4ccccc4c4cc5ccccc5cc43)nc(-c3ccccc3)c21. The molecule has 1 aliphatic carbocycles. The van der Waals surface area contributed by atoms with Crippen LogP contribution in [0.5, 0.6) is 0 Å². The lowest BCUT2D eigenvalue weighted by Crippen LogP contribution is -2.18. The predicted molar refractivity (Wildman–Crippen MR) is 262 cm³/mol. The summed E-state index contributed by atoms with van der Waals surface area (Å²) >= 11 is 0. The van der Waals surface area contributed by atoms with E-state index in [4.69, 9.17) is 9.97 Å². The Kier molecular flexibility index (Phi) is 7.62. The summed E-state index contributed by atoms with van der Waals surface area (Å²) in [5.74, 6) is 0.670. The summed E-state index contributed by atoms with van der Waals surface area (Å²) in [6, 6.07) is 74.7. The molecule has 0 fully saturated rings. The van der Waals surface area contributed by atoms with Crippen LogP contribution in [0.1, 0.15) is 25.0 Å². The Hall–Kier alpha value is -8.08. The topological polar surface area (TPSA) is 35.6 Å². The van der Waals surface area contributed by atoms with Gasteiger partial charge in [0.25, 0.3) is 0 Å². The van der Waals surface area contributed by atoms with Crippen molar-refractivity contribution in [1.82, 2.24) is 19.1 Å². The quantitative estimate of drug-likeness (QED) is 0.174. The molecule has 9 aromatic carbocycles. The molecule has 1 aliphatic rings. The van der Waals surface area contributed by atoms with Crippen molar-refractivity contribution in [3.63, 3.8) is 0 Å². The summed E-state index contributed by atoms with van der Waals surface area (Å²) in [6.45, 7) is 4.70. The molecule has 296 valence electrons. The van der Waals surface area contributed by atoms with Crippen molar-refractivity contribution in [3.8, 4) is 56.4 Å². The van der Waals surface area contributed by atoms with E-state index in [2.05, 4.69) is 229 Å². The zero-order chi connectivity index (χ0) is 41.8. The van der Waals surface area contributed by atoms with Crippen LogP contribution in [-0.2, 0) is 5.41 Å². The van der Waals surface area contributed by atoms with Gasteiger partial charge in [0.2, 0.25) is 5.95 Å². The van der Waals surface area contributed by atoms with Crippen molar-refractivity contribution in [2.45, 2.75) is 19.3 Å². The normalized spacial score (nSPS) is 13.0. The minimum atomic E-state index is -0.414. The lowest BCUT2D eigenvalue weighted by atomic mass is 9.79. The maximum absolute atomic E-state index is 5.69. The van der Waals surface area contributed by atoms with Crippen molar-refractivity contribution in [2.75, 3.05) is 0 Å². The van der Waals surface area contributed by atoms with Gasteiger partial charge in [0.15, 0.2) is 0 Å². The molecule has 0 N–H and O–H groups in total. The molecule has 0 saturated heterocycles. The van der Waals surface area contributed by atoms with Crippen LogP contribution in [-0.4, -0.2) is 19.1 Å². The van der Waals surface area contributed by atoms with Crippen LogP contribution in [0, 0.1) is 0 Å². The molecule has 4 heteroatoms. The van der Waals surface area contributed by atoms with Crippen molar-refractivity contribution in [3.05, 3.63) is 217 Å². The molecule has 0 aliphatic heterocycles. The molecule has 12 aromatic rings. The first-order valence-corrected chi connectivity index (χ1v) is 21.7. The predicted octanol–water partition coefficient (Wildman–Crippen LogP) is 15.1. The smallest absolute Gasteiger partial charge is 0.235 e. The largest absolute Gasteiger partial charge is 0.309 e. The summed E-state index contributed by atoms with van der Waals surface area (Å²) in [7, 11) is 0. The Balaban J connectivity index is 1.09. The average Bonchev–Trinajstić information content (AvgIpc) is 3.92. The number of rotatable bonds is 5. The van der Waals surface area contributed by atoms with Crippen LogP contribution in [0.15, 0.2) is 206 Å². The first-order valence-electron chi connectivity index (χ1n) is 21.7. The van der Waals surface area contributed by atoms with Crippen LogP contribution in [0.3, 0.4) is 0 Å². The Morgan fingerprint density at radius 3 is 1.62 bits per heavy atom. The highest BCUT2D eigenvalue weighted by Crippen LogP contribution is 2.54. The van der Waals surface area contributed by atoms with E-state index in [1.807, 2.05) is 0 Å². The lowest BCUT2D eigenvalue weighted by Gasteiger charge is -2.25. The Labute approximate surface area is 365 Å². The van der Waals surface area contributed by atoms with E-state index in [-0.39, 0.29) is 0 Å². The van der Waals surface area contributed by atoms with Gasteiger partial charge in [0, 0.05) is 49.3 Å². The van der Waals surface area contributed by atoms with E-state index in [1.165, 1.54) is 71.2 Å². The summed E-state index contributed by atoms with van der Waals surface area (Å²) < 4.78 is 4.67. The van der Waals surface area contributed by atoms with Crippen molar-refractivity contribution in [2.24, 2.45) is 0 Å². The third kappa shape index (κ3) is 5.28. The van der Waals surface area contributed by atoms with E-state index >= 15 is 0 Å². The average molecular weight is 805 g/mol. The maximum atomic E-state index is 5.69. The van der Waals surface area contributed by atoms with Crippen molar-refractivity contribution < 1.29 is 0 Å². The van der Waals surface area contributed by atoms with E-state index < -0.39 is 5.41 Å². The second-order valence-electron chi connectivity index (χ2n) is 17.4. The molecule has 0 amide bonds. The number of benzene rings is 9.